The van der Waals surface area contributed by atoms with Crippen LogP contribution in [0.15, 0.2) is 23.3 Å². The number of halogens is 2. The van der Waals surface area contributed by atoms with Crippen LogP contribution < -0.4 is 5.43 Å². The Balaban J connectivity index is 2.74. The van der Waals surface area contributed by atoms with Gasteiger partial charge in [0.15, 0.2) is 11.6 Å². The molecule has 0 aliphatic carbocycles. The molecule has 17 heavy (non-hydrogen) atoms. The number of carbonyl (C=O) groups is 1. The van der Waals surface area contributed by atoms with Crippen LogP contribution in [0.2, 0.25) is 0 Å². The van der Waals surface area contributed by atoms with Gasteiger partial charge in [-0.15, -0.1) is 0 Å². The van der Waals surface area contributed by atoms with Gasteiger partial charge in [0.2, 0.25) is 0 Å². The van der Waals surface area contributed by atoms with Crippen LogP contribution >= 0.6 is 0 Å². The van der Waals surface area contributed by atoms with Gasteiger partial charge in [-0.1, -0.05) is 0 Å². The molecule has 0 spiro atoms. The SMILES string of the molecule is CCOC(=O)NN=C(C)c1ccc(F)c(F)c1. The third-order valence-corrected chi connectivity index (χ3v) is 1.93. The van der Waals surface area contributed by atoms with E-state index in [0.717, 1.165) is 12.1 Å². The molecule has 0 aromatic heterocycles. The third-order valence-electron chi connectivity index (χ3n) is 1.93. The Labute approximate surface area is 97.3 Å². The molecule has 0 aliphatic heterocycles. The van der Waals surface area contributed by atoms with Gasteiger partial charge >= 0.3 is 6.09 Å². The zero-order chi connectivity index (χ0) is 12.8. The molecular formula is C11H12F2N2O2. The van der Waals surface area contributed by atoms with Crippen LogP contribution in [0.1, 0.15) is 19.4 Å². The molecule has 0 radical (unpaired) electrons. The lowest BCUT2D eigenvalue weighted by Crippen LogP contribution is -2.20. The molecular weight excluding hydrogens is 230 g/mol. The first-order valence-corrected chi connectivity index (χ1v) is 4.97. The quantitative estimate of drug-likeness (QED) is 0.653. The second kappa shape index (κ2) is 5.93. The van der Waals surface area contributed by atoms with Gasteiger partial charge in [0.05, 0.1) is 12.3 Å². The lowest BCUT2D eigenvalue weighted by molar-refractivity contribution is 0.152. The van der Waals surface area contributed by atoms with Gasteiger partial charge in [-0.3, -0.25) is 0 Å². The highest BCUT2D eigenvalue weighted by Crippen LogP contribution is 2.09. The zero-order valence-electron chi connectivity index (χ0n) is 9.46. The topological polar surface area (TPSA) is 50.7 Å². The molecule has 0 unspecified atom stereocenters. The predicted molar refractivity (Wildman–Crippen MR) is 58.7 cm³/mol. The van der Waals surface area contributed by atoms with Crippen molar-refractivity contribution in [1.82, 2.24) is 5.43 Å². The van der Waals surface area contributed by atoms with E-state index in [1.807, 2.05) is 0 Å². The first kappa shape index (κ1) is 13.1. The molecule has 0 bridgehead atoms. The van der Waals surface area contributed by atoms with Crippen LogP contribution in [0.4, 0.5) is 13.6 Å². The van der Waals surface area contributed by atoms with Gasteiger partial charge in [-0.2, -0.15) is 5.10 Å². The highest BCUT2D eigenvalue weighted by molar-refractivity contribution is 5.99. The van der Waals surface area contributed by atoms with Crippen LogP contribution in [0.5, 0.6) is 0 Å². The van der Waals surface area contributed by atoms with Gasteiger partial charge in [0, 0.05) is 5.56 Å². The molecule has 0 saturated carbocycles. The first-order chi connectivity index (χ1) is 8.04. The van der Waals surface area contributed by atoms with Gasteiger partial charge in [0.1, 0.15) is 0 Å². The molecule has 0 saturated heterocycles. The molecule has 1 aromatic carbocycles. The molecule has 4 nitrogen and oxygen atoms in total. The molecule has 0 aliphatic rings. The number of nitrogens with one attached hydrogen (secondary N) is 1. The van der Waals surface area contributed by atoms with E-state index in [0.29, 0.717) is 11.3 Å². The number of rotatable bonds is 3. The normalized spacial score (nSPS) is 11.2. The van der Waals surface area contributed by atoms with Crippen molar-refractivity contribution in [2.45, 2.75) is 13.8 Å². The van der Waals surface area contributed by atoms with E-state index in [4.69, 9.17) is 0 Å². The van der Waals surface area contributed by atoms with Gasteiger partial charge < -0.3 is 4.74 Å². The van der Waals surface area contributed by atoms with E-state index in [2.05, 4.69) is 15.3 Å². The summed E-state index contributed by atoms with van der Waals surface area (Å²) in [6, 6.07) is 3.36. The smallest absolute Gasteiger partial charge is 0.427 e. The number of hydrazone groups is 1. The fourth-order valence-corrected chi connectivity index (χ4v) is 1.08. The van der Waals surface area contributed by atoms with Gasteiger partial charge in [-0.05, 0) is 32.0 Å². The summed E-state index contributed by atoms with van der Waals surface area (Å²) in [5, 5.41) is 3.69. The maximum Gasteiger partial charge on any atom is 0.427 e. The molecule has 1 N–H and O–H groups in total. The second-order valence-corrected chi connectivity index (χ2v) is 3.16. The number of hydrogen-bond donors (Lipinski definition) is 1. The molecule has 1 rings (SSSR count). The van der Waals surface area contributed by atoms with Crippen LogP contribution in [-0.4, -0.2) is 18.4 Å². The van der Waals surface area contributed by atoms with Crippen LogP contribution in [0.3, 0.4) is 0 Å². The van der Waals surface area contributed by atoms with E-state index < -0.39 is 17.7 Å². The fourth-order valence-electron chi connectivity index (χ4n) is 1.08. The molecule has 6 heteroatoms. The lowest BCUT2D eigenvalue weighted by Gasteiger charge is -2.03. The third kappa shape index (κ3) is 3.82. The Morgan fingerprint density at radius 2 is 2.12 bits per heavy atom. The number of benzene rings is 1. The summed E-state index contributed by atoms with van der Waals surface area (Å²) >= 11 is 0. The minimum Gasteiger partial charge on any atom is -0.449 e. The number of carbonyl (C=O) groups excluding carboxylic acids is 1. The summed E-state index contributed by atoms with van der Waals surface area (Å²) in [5.41, 5.74) is 2.85. The van der Waals surface area contributed by atoms with Crippen molar-refractivity contribution in [2.24, 2.45) is 5.10 Å². The van der Waals surface area contributed by atoms with Crippen molar-refractivity contribution < 1.29 is 18.3 Å². The first-order valence-electron chi connectivity index (χ1n) is 4.97. The van der Waals surface area contributed by atoms with E-state index in [-0.39, 0.29) is 6.61 Å². The highest BCUT2D eigenvalue weighted by atomic mass is 19.2. The summed E-state index contributed by atoms with van der Waals surface area (Å²) in [4.78, 5) is 10.9. The average Bonchev–Trinajstić information content (AvgIpc) is 2.30. The highest BCUT2D eigenvalue weighted by Gasteiger charge is 2.05. The van der Waals surface area contributed by atoms with Crippen molar-refractivity contribution in [3.8, 4) is 0 Å². The molecule has 92 valence electrons. The van der Waals surface area contributed by atoms with Crippen LogP contribution in [-0.2, 0) is 4.74 Å². The van der Waals surface area contributed by atoms with E-state index in [1.165, 1.54) is 6.07 Å². The molecule has 1 aromatic rings. The summed E-state index contributed by atoms with van der Waals surface area (Å²) < 4.78 is 30.2. The van der Waals surface area contributed by atoms with E-state index >= 15 is 0 Å². The molecule has 1 amide bonds. The van der Waals surface area contributed by atoms with Crippen molar-refractivity contribution in [3.63, 3.8) is 0 Å². The number of hydrogen-bond acceptors (Lipinski definition) is 3. The molecule has 0 atom stereocenters. The van der Waals surface area contributed by atoms with Gasteiger partial charge in [-0.25, -0.2) is 19.0 Å². The Kier molecular flexibility index (Phi) is 4.56. The summed E-state index contributed by atoms with van der Waals surface area (Å²) in [6.45, 7) is 3.44. The van der Waals surface area contributed by atoms with Crippen molar-refractivity contribution in [1.29, 1.82) is 0 Å². The Morgan fingerprint density at radius 1 is 1.41 bits per heavy atom. The fraction of sp³-hybridized carbons (Fsp3) is 0.273. The molecule has 0 fully saturated rings. The largest absolute Gasteiger partial charge is 0.449 e. The van der Waals surface area contributed by atoms with E-state index in [1.54, 1.807) is 13.8 Å². The summed E-state index contributed by atoms with van der Waals surface area (Å²) in [5.74, 6) is -1.90. The Morgan fingerprint density at radius 3 is 2.71 bits per heavy atom. The molecule has 0 heterocycles. The van der Waals surface area contributed by atoms with Crippen molar-refractivity contribution in [3.05, 3.63) is 35.4 Å². The van der Waals surface area contributed by atoms with Crippen LogP contribution in [0, 0.1) is 11.6 Å². The van der Waals surface area contributed by atoms with Crippen molar-refractivity contribution in [2.75, 3.05) is 6.61 Å². The summed E-state index contributed by atoms with van der Waals surface area (Å²) in [7, 11) is 0. The minimum absolute atomic E-state index is 0.228. The zero-order valence-corrected chi connectivity index (χ0v) is 9.46. The maximum atomic E-state index is 12.9. The lowest BCUT2D eigenvalue weighted by atomic mass is 10.1. The van der Waals surface area contributed by atoms with E-state index in [9.17, 15) is 13.6 Å². The van der Waals surface area contributed by atoms with Crippen LogP contribution in [0.25, 0.3) is 0 Å². The Hall–Kier alpha value is -1.98. The second-order valence-electron chi connectivity index (χ2n) is 3.16. The number of ether oxygens (including phenoxy) is 1. The Bertz CT molecular complexity index is 447. The monoisotopic (exact) mass is 242 g/mol. The minimum atomic E-state index is -0.965. The number of amides is 1. The maximum absolute atomic E-state index is 12.9. The predicted octanol–water partition coefficient (Wildman–Crippen LogP) is 2.43. The number of nitrogens with zero attached hydrogens (tertiary/aromatic N) is 1. The standard InChI is InChI=1S/C11H12F2N2O2/c1-3-17-11(16)15-14-7(2)8-4-5-9(12)10(13)6-8/h4-6H,3H2,1-2H3,(H,15,16). The van der Waals surface area contributed by atoms with Gasteiger partial charge in [0.25, 0.3) is 0 Å². The summed E-state index contributed by atoms with van der Waals surface area (Å²) in [6.07, 6.45) is -0.700. The average molecular weight is 242 g/mol. The van der Waals surface area contributed by atoms with Crippen molar-refractivity contribution >= 4 is 11.8 Å².